The number of aromatic hydroxyl groups is 2. The highest BCUT2D eigenvalue weighted by Gasteiger charge is 2.16. The number of rotatable bonds is 8. The van der Waals surface area contributed by atoms with Crippen molar-refractivity contribution < 1.29 is 19.4 Å². The molecule has 2 aromatic rings. The van der Waals surface area contributed by atoms with E-state index >= 15 is 0 Å². The zero-order chi connectivity index (χ0) is 20.0. The fourth-order valence-electron chi connectivity index (χ4n) is 2.88. The lowest BCUT2D eigenvalue weighted by molar-refractivity contribution is 0.0967. The van der Waals surface area contributed by atoms with Gasteiger partial charge in [0.15, 0.2) is 5.78 Å². The molecule has 0 aliphatic rings. The number of carbonyl (C=O) groups excluding carboxylic acids is 1. The third-order valence-corrected chi connectivity index (χ3v) is 4.69. The summed E-state index contributed by atoms with van der Waals surface area (Å²) in [6, 6.07) is 6.11. The van der Waals surface area contributed by atoms with E-state index < -0.39 is 0 Å². The molecule has 0 unspecified atom stereocenters. The maximum Gasteiger partial charge on any atom is 0.167 e. The van der Waals surface area contributed by atoms with Gasteiger partial charge in [0.05, 0.1) is 11.8 Å². The molecular formula is C23H28O4. The van der Waals surface area contributed by atoms with Crippen molar-refractivity contribution in [3.8, 4) is 11.5 Å². The van der Waals surface area contributed by atoms with E-state index in [0.717, 1.165) is 29.7 Å². The first-order valence-electron chi connectivity index (χ1n) is 9.17. The average molecular weight is 368 g/mol. The summed E-state index contributed by atoms with van der Waals surface area (Å²) in [4.78, 5) is 12.4. The van der Waals surface area contributed by atoms with Crippen LogP contribution in [-0.2, 0) is 6.42 Å². The number of carbonyl (C=O) groups is 1. The van der Waals surface area contributed by atoms with Crippen LogP contribution in [0.4, 0.5) is 0 Å². The molecule has 4 nitrogen and oxygen atoms in total. The van der Waals surface area contributed by atoms with Gasteiger partial charge >= 0.3 is 0 Å². The zero-order valence-corrected chi connectivity index (χ0v) is 16.5. The highest BCUT2D eigenvalue weighted by molar-refractivity contribution is 5.99. The number of hydrogen-bond acceptors (Lipinski definition) is 4. The number of furan rings is 1. The number of hydrogen-bond donors (Lipinski definition) is 2. The lowest BCUT2D eigenvalue weighted by Gasteiger charge is -2.12. The van der Waals surface area contributed by atoms with Gasteiger partial charge < -0.3 is 14.6 Å². The third kappa shape index (κ3) is 6.17. The van der Waals surface area contributed by atoms with Crippen molar-refractivity contribution in [2.75, 3.05) is 0 Å². The number of phenolic OH excluding ortho intramolecular Hbond substituents is 2. The molecule has 0 aliphatic heterocycles. The van der Waals surface area contributed by atoms with Crippen molar-refractivity contribution in [1.29, 1.82) is 0 Å². The van der Waals surface area contributed by atoms with Crippen LogP contribution in [0.5, 0.6) is 11.5 Å². The minimum absolute atomic E-state index is 0.0555. The van der Waals surface area contributed by atoms with Crippen LogP contribution in [-0.4, -0.2) is 16.0 Å². The van der Waals surface area contributed by atoms with Crippen LogP contribution in [0.1, 0.15) is 55.3 Å². The maximum absolute atomic E-state index is 12.4. The summed E-state index contributed by atoms with van der Waals surface area (Å²) in [6.45, 7) is 8.12. The predicted octanol–water partition coefficient (Wildman–Crippen LogP) is 5.73. The van der Waals surface area contributed by atoms with Crippen molar-refractivity contribution in [3.05, 3.63) is 70.7 Å². The highest BCUT2D eigenvalue weighted by atomic mass is 16.3. The molecule has 2 rings (SSSR count). The van der Waals surface area contributed by atoms with Crippen LogP contribution in [0.2, 0.25) is 0 Å². The highest BCUT2D eigenvalue weighted by Crippen LogP contribution is 2.26. The van der Waals surface area contributed by atoms with Gasteiger partial charge in [-0.2, -0.15) is 0 Å². The lowest BCUT2D eigenvalue weighted by Crippen LogP contribution is -2.07. The minimum atomic E-state index is -0.180. The van der Waals surface area contributed by atoms with E-state index in [1.54, 1.807) is 6.26 Å². The Labute approximate surface area is 160 Å². The molecule has 0 fully saturated rings. The van der Waals surface area contributed by atoms with E-state index in [1.165, 1.54) is 23.8 Å². The van der Waals surface area contributed by atoms with E-state index in [0.29, 0.717) is 6.42 Å². The molecule has 0 amide bonds. The average Bonchev–Trinajstić information content (AvgIpc) is 2.99. The first-order valence-corrected chi connectivity index (χ1v) is 9.17. The third-order valence-electron chi connectivity index (χ3n) is 4.69. The van der Waals surface area contributed by atoms with Gasteiger partial charge in [-0.15, -0.1) is 0 Å². The first-order chi connectivity index (χ1) is 12.8. The van der Waals surface area contributed by atoms with Gasteiger partial charge in [-0.25, -0.2) is 0 Å². The number of benzene rings is 1. The molecule has 1 aromatic carbocycles. The van der Waals surface area contributed by atoms with E-state index in [-0.39, 0.29) is 28.8 Å². The van der Waals surface area contributed by atoms with Crippen molar-refractivity contribution in [2.24, 2.45) is 5.92 Å². The monoisotopic (exact) mass is 368 g/mol. The van der Waals surface area contributed by atoms with E-state index in [2.05, 4.69) is 19.1 Å². The SMILES string of the molecule is CC(=CCC=C(C)[C@@H](C)CC(=O)c1ccc(O)cc1O)Cc1cc(C)co1. The quantitative estimate of drug-likeness (QED) is 0.461. The largest absolute Gasteiger partial charge is 0.508 e. The lowest BCUT2D eigenvalue weighted by atomic mass is 9.93. The summed E-state index contributed by atoms with van der Waals surface area (Å²) >= 11 is 0. The summed E-state index contributed by atoms with van der Waals surface area (Å²) < 4.78 is 5.47. The van der Waals surface area contributed by atoms with Crippen LogP contribution < -0.4 is 0 Å². The van der Waals surface area contributed by atoms with Gasteiger partial charge in [0.25, 0.3) is 0 Å². The number of allylic oxidation sites excluding steroid dienone is 4. The Hall–Kier alpha value is -2.75. The van der Waals surface area contributed by atoms with Gasteiger partial charge in [-0.05, 0) is 56.9 Å². The molecule has 0 bridgehead atoms. The standard InChI is InChI=1S/C23H28O4/c1-15(10-20-11-16(2)14-27-20)6-5-7-17(3)18(4)12-22(25)21-9-8-19(24)13-23(21)26/h6-9,11,13-14,18,24,26H,5,10,12H2,1-4H3/t18-/m0/s1. The topological polar surface area (TPSA) is 70.7 Å². The molecule has 27 heavy (non-hydrogen) atoms. The van der Waals surface area contributed by atoms with Crippen LogP contribution in [0.25, 0.3) is 0 Å². The minimum Gasteiger partial charge on any atom is -0.508 e. The second-order valence-electron chi connectivity index (χ2n) is 7.23. The molecular weight excluding hydrogens is 340 g/mol. The number of phenols is 2. The molecule has 144 valence electrons. The molecule has 0 radical (unpaired) electrons. The Bertz CT molecular complexity index is 855. The van der Waals surface area contributed by atoms with E-state index in [9.17, 15) is 15.0 Å². The van der Waals surface area contributed by atoms with Gasteiger partial charge in [0.1, 0.15) is 17.3 Å². The second kappa shape index (κ2) is 9.26. The van der Waals surface area contributed by atoms with Crippen molar-refractivity contribution in [1.82, 2.24) is 0 Å². The van der Waals surface area contributed by atoms with Crippen LogP contribution in [0.15, 0.2) is 58.2 Å². The van der Waals surface area contributed by atoms with E-state index in [1.807, 2.05) is 26.8 Å². The summed E-state index contributed by atoms with van der Waals surface area (Å²) in [6.07, 6.45) is 7.98. The summed E-state index contributed by atoms with van der Waals surface area (Å²) in [5.41, 5.74) is 3.76. The second-order valence-corrected chi connectivity index (χ2v) is 7.23. The van der Waals surface area contributed by atoms with Crippen molar-refractivity contribution >= 4 is 5.78 Å². The summed E-state index contributed by atoms with van der Waals surface area (Å²) in [7, 11) is 0. The Kier molecular flexibility index (Phi) is 7.05. The molecule has 1 atom stereocenters. The molecule has 2 N–H and O–H groups in total. The molecule has 1 aromatic heterocycles. The van der Waals surface area contributed by atoms with Gasteiger partial charge in [-0.3, -0.25) is 4.79 Å². The smallest absolute Gasteiger partial charge is 0.167 e. The molecule has 0 aliphatic carbocycles. The zero-order valence-electron chi connectivity index (χ0n) is 16.5. The van der Waals surface area contributed by atoms with Gasteiger partial charge in [0, 0.05) is 18.9 Å². The van der Waals surface area contributed by atoms with E-state index in [4.69, 9.17) is 4.42 Å². The Morgan fingerprint density at radius 3 is 2.56 bits per heavy atom. The fraction of sp³-hybridized carbons (Fsp3) is 0.348. The number of ketones is 1. The van der Waals surface area contributed by atoms with Crippen molar-refractivity contribution in [2.45, 2.75) is 47.0 Å². The Balaban J connectivity index is 1.90. The van der Waals surface area contributed by atoms with Crippen LogP contribution >= 0.6 is 0 Å². The van der Waals surface area contributed by atoms with Crippen LogP contribution in [0.3, 0.4) is 0 Å². The predicted molar refractivity (Wildman–Crippen MR) is 107 cm³/mol. The molecule has 4 heteroatoms. The number of aryl methyl sites for hydroxylation is 1. The first kappa shape index (κ1) is 20.6. The number of Topliss-reactive ketones (excluding diaryl/α,β-unsaturated/α-hetero) is 1. The molecule has 0 saturated carbocycles. The van der Waals surface area contributed by atoms with Gasteiger partial charge in [0.2, 0.25) is 0 Å². The normalized spacial score (nSPS) is 13.6. The molecule has 0 saturated heterocycles. The van der Waals surface area contributed by atoms with Crippen LogP contribution in [0, 0.1) is 12.8 Å². The molecule has 0 spiro atoms. The molecule has 1 heterocycles. The fourth-order valence-corrected chi connectivity index (χ4v) is 2.88. The Morgan fingerprint density at radius 1 is 1.19 bits per heavy atom. The van der Waals surface area contributed by atoms with Gasteiger partial charge in [-0.1, -0.05) is 30.2 Å². The maximum atomic E-state index is 12.4. The summed E-state index contributed by atoms with van der Waals surface area (Å²) in [5, 5.41) is 19.2. The Morgan fingerprint density at radius 2 is 1.93 bits per heavy atom. The summed E-state index contributed by atoms with van der Waals surface area (Å²) in [5.74, 6) is 0.676. The van der Waals surface area contributed by atoms with Crippen molar-refractivity contribution in [3.63, 3.8) is 0 Å².